The Bertz CT molecular complexity index is 438. The van der Waals surface area contributed by atoms with Crippen molar-refractivity contribution in [3.63, 3.8) is 0 Å². The Morgan fingerprint density at radius 2 is 1.78 bits per heavy atom. The van der Waals surface area contributed by atoms with Gasteiger partial charge in [-0.05, 0) is 26.0 Å². The zero-order valence-corrected chi connectivity index (χ0v) is 12.5. The van der Waals surface area contributed by atoms with E-state index >= 15 is 0 Å². The quantitative estimate of drug-likeness (QED) is 0.509. The Kier molecular flexibility index (Phi) is 5.60. The number of benzene rings is 1. The highest BCUT2D eigenvalue weighted by atomic mass is 35.5. The summed E-state index contributed by atoms with van der Waals surface area (Å²) in [7, 11) is 0. The second-order valence-electron chi connectivity index (χ2n) is 4.09. The third-order valence-electron chi connectivity index (χ3n) is 2.54. The standard InChI is InChI=1S/C12H16Cl3N3/c1-7(2)18(17)10(6-13)12(16)11-8(14)4-3-5-9(11)15/h3-5,7H,6,16-17H2,1-2H3/b12-10-. The van der Waals surface area contributed by atoms with Gasteiger partial charge >= 0.3 is 0 Å². The molecule has 0 aliphatic carbocycles. The molecule has 18 heavy (non-hydrogen) atoms. The molecule has 100 valence electrons. The highest BCUT2D eigenvalue weighted by Crippen LogP contribution is 2.31. The molecule has 0 unspecified atom stereocenters. The van der Waals surface area contributed by atoms with Gasteiger partial charge in [-0.15, -0.1) is 11.6 Å². The first-order valence-corrected chi connectivity index (χ1v) is 6.72. The minimum atomic E-state index is 0.0681. The van der Waals surface area contributed by atoms with Crippen LogP contribution in [0.15, 0.2) is 23.9 Å². The molecule has 3 nitrogen and oxygen atoms in total. The molecule has 1 aromatic carbocycles. The molecular formula is C12H16Cl3N3. The highest BCUT2D eigenvalue weighted by Gasteiger charge is 2.17. The molecule has 0 aromatic heterocycles. The van der Waals surface area contributed by atoms with Crippen LogP contribution in [0.3, 0.4) is 0 Å². The molecule has 6 heteroatoms. The first-order chi connectivity index (χ1) is 8.40. The van der Waals surface area contributed by atoms with Crippen LogP contribution >= 0.6 is 34.8 Å². The minimum Gasteiger partial charge on any atom is -0.397 e. The number of rotatable bonds is 4. The summed E-state index contributed by atoms with van der Waals surface area (Å²) in [6.07, 6.45) is 0. The van der Waals surface area contributed by atoms with E-state index in [1.165, 1.54) is 5.01 Å². The predicted octanol–water partition coefficient (Wildman–Crippen LogP) is 3.44. The van der Waals surface area contributed by atoms with Crippen LogP contribution in [-0.4, -0.2) is 16.9 Å². The fourth-order valence-corrected chi connectivity index (χ4v) is 2.37. The molecule has 0 aliphatic heterocycles. The molecule has 0 spiro atoms. The summed E-state index contributed by atoms with van der Waals surface area (Å²) in [6, 6.07) is 5.26. The van der Waals surface area contributed by atoms with Gasteiger partial charge in [0.25, 0.3) is 0 Å². The lowest BCUT2D eigenvalue weighted by Gasteiger charge is -2.27. The molecular weight excluding hydrogens is 293 g/mol. The predicted molar refractivity (Wildman–Crippen MR) is 79.5 cm³/mol. The van der Waals surface area contributed by atoms with E-state index in [0.29, 0.717) is 27.0 Å². The van der Waals surface area contributed by atoms with E-state index in [9.17, 15) is 0 Å². The van der Waals surface area contributed by atoms with Gasteiger partial charge in [0.2, 0.25) is 0 Å². The Morgan fingerprint density at radius 1 is 1.28 bits per heavy atom. The maximum absolute atomic E-state index is 6.11. The molecule has 0 atom stereocenters. The van der Waals surface area contributed by atoms with Crippen LogP contribution in [-0.2, 0) is 0 Å². The largest absolute Gasteiger partial charge is 0.397 e. The smallest absolute Gasteiger partial charge is 0.0678 e. The van der Waals surface area contributed by atoms with Gasteiger partial charge in [-0.3, -0.25) is 0 Å². The molecule has 0 saturated heterocycles. The van der Waals surface area contributed by atoms with E-state index in [2.05, 4.69) is 0 Å². The normalized spacial score (nSPS) is 12.6. The lowest BCUT2D eigenvalue weighted by atomic mass is 10.1. The van der Waals surface area contributed by atoms with Crippen molar-refractivity contribution < 1.29 is 0 Å². The van der Waals surface area contributed by atoms with Crippen LogP contribution < -0.4 is 11.6 Å². The number of hydrazine groups is 1. The van der Waals surface area contributed by atoms with Crippen LogP contribution in [0, 0.1) is 0 Å². The minimum absolute atomic E-state index is 0.0681. The number of hydrogen-bond acceptors (Lipinski definition) is 3. The van der Waals surface area contributed by atoms with E-state index in [4.69, 9.17) is 46.4 Å². The Morgan fingerprint density at radius 3 is 2.17 bits per heavy atom. The molecule has 0 heterocycles. The number of allylic oxidation sites excluding steroid dienone is 1. The zero-order valence-electron chi connectivity index (χ0n) is 10.3. The monoisotopic (exact) mass is 307 g/mol. The average Bonchev–Trinajstić information content (AvgIpc) is 2.29. The van der Waals surface area contributed by atoms with Crippen molar-refractivity contribution in [2.45, 2.75) is 19.9 Å². The molecule has 0 saturated carbocycles. The SMILES string of the molecule is CC(C)N(N)/C(CCl)=C(\N)c1c(Cl)cccc1Cl. The fourth-order valence-electron chi connectivity index (χ4n) is 1.49. The van der Waals surface area contributed by atoms with Crippen molar-refractivity contribution in [3.05, 3.63) is 39.5 Å². The van der Waals surface area contributed by atoms with E-state index in [0.717, 1.165) is 0 Å². The molecule has 1 aromatic rings. The molecule has 0 fully saturated rings. The Balaban J connectivity index is 3.36. The molecule has 4 N–H and O–H groups in total. The van der Waals surface area contributed by atoms with Gasteiger partial charge in [-0.1, -0.05) is 29.3 Å². The summed E-state index contributed by atoms with van der Waals surface area (Å²) in [6.45, 7) is 3.88. The lowest BCUT2D eigenvalue weighted by Crippen LogP contribution is -2.38. The summed E-state index contributed by atoms with van der Waals surface area (Å²) < 4.78 is 0. The lowest BCUT2D eigenvalue weighted by molar-refractivity contribution is 0.296. The average molecular weight is 309 g/mol. The molecule has 0 bridgehead atoms. The third kappa shape index (κ3) is 3.23. The maximum atomic E-state index is 6.11. The number of hydrogen-bond donors (Lipinski definition) is 2. The van der Waals surface area contributed by atoms with Crippen molar-refractivity contribution in [2.75, 3.05) is 5.88 Å². The third-order valence-corrected chi connectivity index (χ3v) is 3.42. The highest BCUT2D eigenvalue weighted by molar-refractivity contribution is 6.37. The summed E-state index contributed by atoms with van der Waals surface area (Å²) in [5.41, 5.74) is 7.66. The van der Waals surface area contributed by atoms with Gasteiger partial charge in [0.15, 0.2) is 0 Å². The second-order valence-corrected chi connectivity index (χ2v) is 5.17. The van der Waals surface area contributed by atoms with E-state index in [1.54, 1.807) is 18.2 Å². The number of nitrogens with zero attached hydrogens (tertiary/aromatic N) is 1. The number of nitrogens with two attached hydrogens (primary N) is 2. The van der Waals surface area contributed by atoms with Crippen LogP contribution in [0.1, 0.15) is 19.4 Å². The molecule has 0 aliphatic rings. The summed E-state index contributed by atoms with van der Waals surface area (Å²) >= 11 is 18.1. The van der Waals surface area contributed by atoms with Gasteiger partial charge in [-0.25, -0.2) is 5.84 Å². The van der Waals surface area contributed by atoms with Gasteiger partial charge in [-0.2, -0.15) is 0 Å². The summed E-state index contributed by atoms with van der Waals surface area (Å²) in [5, 5.41) is 2.46. The Labute approximate surface area is 122 Å². The zero-order chi connectivity index (χ0) is 13.9. The summed E-state index contributed by atoms with van der Waals surface area (Å²) in [5.74, 6) is 6.12. The molecule has 0 amide bonds. The van der Waals surface area contributed by atoms with Crippen molar-refractivity contribution in [3.8, 4) is 0 Å². The topological polar surface area (TPSA) is 55.3 Å². The number of alkyl halides is 1. The van der Waals surface area contributed by atoms with Gasteiger partial charge < -0.3 is 10.7 Å². The van der Waals surface area contributed by atoms with Crippen molar-refractivity contribution in [1.29, 1.82) is 0 Å². The maximum Gasteiger partial charge on any atom is 0.0678 e. The second kappa shape index (κ2) is 6.53. The summed E-state index contributed by atoms with van der Waals surface area (Å²) in [4.78, 5) is 0. The number of halogens is 3. The van der Waals surface area contributed by atoms with Gasteiger partial charge in [0, 0.05) is 11.6 Å². The van der Waals surface area contributed by atoms with E-state index in [1.807, 2.05) is 13.8 Å². The Hall–Kier alpha value is -0.610. The van der Waals surface area contributed by atoms with Crippen LogP contribution in [0.25, 0.3) is 5.70 Å². The van der Waals surface area contributed by atoms with Crippen LogP contribution in [0.4, 0.5) is 0 Å². The van der Waals surface area contributed by atoms with Crippen LogP contribution in [0.5, 0.6) is 0 Å². The van der Waals surface area contributed by atoms with Crippen molar-refractivity contribution in [1.82, 2.24) is 5.01 Å². The van der Waals surface area contributed by atoms with Crippen LogP contribution in [0.2, 0.25) is 10.0 Å². The molecule has 0 radical (unpaired) electrons. The van der Waals surface area contributed by atoms with Crippen molar-refractivity contribution in [2.24, 2.45) is 11.6 Å². The van der Waals surface area contributed by atoms with Crippen molar-refractivity contribution >= 4 is 40.5 Å². The molecule has 1 rings (SSSR count). The van der Waals surface area contributed by atoms with Gasteiger partial charge in [0.05, 0.1) is 27.3 Å². The van der Waals surface area contributed by atoms with E-state index < -0.39 is 0 Å². The van der Waals surface area contributed by atoms with E-state index in [-0.39, 0.29) is 11.9 Å². The van der Waals surface area contributed by atoms with Gasteiger partial charge in [0.1, 0.15) is 0 Å². The fraction of sp³-hybridized carbons (Fsp3) is 0.333. The first-order valence-electron chi connectivity index (χ1n) is 5.43. The first kappa shape index (κ1) is 15.4.